The second kappa shape index (κ2) is 5.73. The van der Waals surface area contributed by atoms with Crippen LogP contribution in [0.4, 0.5) is 5.82 Å². The lowest BCUT2D eigenvalue weighted by Crippen LogP contribution is -2.50. The van der Waals surface area contributed by atoms with Crippen LogP contribution in [0.2, 0.25) is 0 Å². The first-order chi connectivity index (χ1) is 9.41. The molecule has 0 aromatic carbocycles. The summed E-state index contributed by atoms with van der Waals surface area (Å²) in [6.45, 7) is 1.38. The fourth-order valence-corrected chi connectivity index (χ4v) is 2.87. The van der Waals surface area contributed by atoms with Gasteiger partial charge in [0, 0.05) is 37.9 Å². The molecule has 1 fully saturated rings. The summed E-state index contributed by atoms with van der Waals surface area (Å²) in [7, 11) is -3.19. The van der Waals surface area contributed by atoms with Crippen LogP contribution in [0, 0.1) is 0 Å². The molecule has 0 aliphatic carbocycles. The Morgan fingerprint density at radius 3 is 2.55 bits per heavy atom. The van der Waals surface area contributed by atoms with Crippen molar-refractivity contribution in [3.63, 3.8) is 0 Å². The molecule has 2 rings (SSSR count). The lowest BCUT2D eigenvalue weighted by molar-refractivity contribution is 0.0698. The summed E-state index contributed by atoms with van der Waals surface area (Å²) in [6, 6.07) is 3.16. The third-order valence-corrected chi connectivity index (χ3v) is 4.45. The minimum absolute atomic E-state index is 0.156. The first-order valence-electron chi connectivity index (χ1n) is 6.09. The van der Waals surface area contributed by atoms with E-state index in [0.717, 1.165) is 0 Å². The Labute approximate surface area is 117 Å². The highest BCUT2D eigenvalue weighted by molar-refractivity contribution is 7.88. The maximum absolute atomic E-state index is 12.3. The highest BCUT2D eigenvalue weighted by Gasteiger charge is 2.26. The quantitative estimate of drug-likeness (QED) is 0.552. The van der Waals surface area contributed by atoms with Crippen LogP contribution < -0.4 is 11.3 Å². The van der Waals surface area contributed by atoms with Crippen molar-refractivity contribution in [2.45, 2.75) is 0 Å². The maximum atomic E-state index is 12.3. The van der Waals surface area contributed by atoms with Crippen LogP contribution in [0.1, 0.15) is 10.4 Å². The number of pyridine rings is 1. The van der Waals surface area contributed by atoms with Crippen LogP contribution in [0.15, 0.2) is 18.3 Å². The van der Waals surface area contributed by atoms with Gasteiger partial charge in [0.2, 0.25) is 10.0 Å². The number of piperazine rings is 1. The standard InChI is InChI=1S/C11H17N5O3S/c1-20(18,19)16-6-4-15(5-7-16)11(17)9-2-3-13-10(8-9)14-12/h2-3,8H,4-7,12H2,1H3,(H,13,14). The number of carbonyl (C=O) groups excluding carboxylic acids is 1. The Kier molecular flexibility index (Phi) is 4.21. The number of nitrogens with one attached hydrogen (secondary N) is 1. The number of sulfonamides is 1. The van der Waals surface area contributed by atoms with Gasteiger partial charge in [-0.1, -0.05) is 0 Å². The molecule has 0 spiro atoms. The fourth-order valence-electron chi connectivity index (χ4n) is 2.05. The predicted octanol–water partition coefficient (Wildman–Crippen LogP) is -0.915. The van der Waals surface area contributed by atoms with E-state index in [1.807, 2.05) is 0 Å². The zero-order valence-corrected chi connectivity index (χ0v) is 11.9. The van der Waals surface area contributed by atoms with E-state index in [1.165, 1.54) is 16.8 Å². The van der Waals surface area contributed by atoms with E-state index in [9.17, 15) is 13.2 Å². The topological polar surface area (TPSA) is 109 Å². The summed E-state index contributed by atoms with van der Waals surface area (Å²) in [5.74, 6) is 5.51. The molecule has 110 valence electrons. The number of nitrogen functional groups attached to an aromatic ring is 1. The van der Waals surface area contributed by atoms with Crippen LogP contribution in [-0.4, -0.2) is 60.9 Å². The maximum Gasteiger partial charge on any atom is 0.254 e. The SMILES string of the molecule is CS(=O)(=O)N1CCN(C(=O)c2ccnc(NN)c2)CC1. The fraction of sp³-hybridized carbons (Fsp3) is 0.455. The van der Waals surface area contributed by atoms with Gasteiger partial charge < -0.3 is 10.3 Å². The summed E-state index contributed by atoms with van der Waals surface area (Å²) in [4.78, 5) is 17.8. The van der Waals surface area contributed by atoms with Gasteiger partial charge in [-0.15, -0.1) is 0 Å². The summed E-state index contributed by atoms with van der Waals surface area (Å²) in [5.41, 5.74) is 2.86. The molecule has 1 aromatic heterocycles. The van der Waals surface area contributed by atoms with Crippen LogP contribution in [0.5, 0.6) is 0 Å². The summed E-state index contributed by atoms with van der Waals surface area (Å²) in [5, 5.41) is 0. The number of hydrogen-bond donors (Lipinski definition) is 2. The number of rotatable bonds is 3. The van der Waals surface area contributed by atoms with Gasteiger partial charge in [-0.25, -0.2) is 19.2 Å². The van der Waals surface area contributed by atoms with Crippen molar-refractivity contribution >= 4 is 21.7 Å². The average molecular weight is 299 g/mol. The molecule has 1 aromatic rings. The Morgan fingerprint density at radius 2 is 2.00 bits per heavy atom. The lowest BCUT2D eigenvalue weighted by atomic mass is 10.2. The third kappa shape index (κ3) is 3.24. The van der Waals surface area contributed by atoms with Crippen LogP contribution >= 0.6 is 0 Å². The molecule has 1 saturated heterocycles. The first-order valence-corrected chi connectivity index (χ1v) is 7.93. The number of anilines is 1. The van der Waals surface area contributed by atoms with E-state index in [2.05, 4.69) is 10.4 Å². The van der Waals surface area contributed by atoms with Gasteiger partial charge in [0.05, 0.1) is 6.26 Å². The summed E-state index contributed by atoms with van der Waals surface area (Å²) < 4.78 is 24.2. The van der Waals surface area contributed by atoms with E-state index >= 15 is 0 Å². The molecule has 0 saturated carbocycles. The van der Waals surface area contributed by atoms with Crippen LogP contribution in [0.25, 0.3) is 0 Å². The second-order valence-corrected chi connectivity index (χ2v) is 6.51. The molecule has 0 unspecified atom stereocenters. The van der Waals surface area contributed by atoms with Gasteiger partial charge in [-0.3, -0.25) is 4.79 Å². The van der Waals surface area contributed by atoms with Crippen molar-refractivity contribution in [1.82, 2.24) is 14.2 Å². The molecule has 3 N–H and O–H groups in total. The summed E-state index contributed by atoms with van der Waals surface area (Å²) >= 11 is 0. The third-order valence-electron chi connectivity index (χ3n) is 3.15. The number of aromatic nitrogens is 1. The lowest BCUT2D eigenvalue weighted by Gasteiger charge is -2.33. The molecule has 0 bridgehead atoms. The number of hydrogen-bond acceptors (Lipinski definition) is 6. The van der Waals surface area contributed by atoms with Crippen LogP contribution in [0.3, 0.4) is 0 Å². The van der Waals surface area contributed by atoms with Crippen molar-refractivity contribution in [1.29, 1.82) is 0 Å². The van der Waals surface area contributed by atoms with Crippen molar-refractivity contribution in [2.75, 3.05) is 37.9 Å². The van der Waals surface area contributed by atoms with Gasteiger partial charge in [0.25, 0.3) is 5.91 Å². The predicted molar refractivity (Wildman–Crippen MR) is 74.4 cm³/mol. The molecule has 0 atom stereocenters. The van der Waals surface area contributed by atoms with Crippen LogP contribution in [-0.2, 0) is 10.0 Å². The molecule has 8 nitrogen and oxygen atoms in total. The van der Waals surface area contributed by atoms with E-state index in [0.29, 0.717) is 37.6 Å². The van der Waals surface area contributed by atoms with Gasteiger partial charge in [0.15, 0.2) is 0 Å². The molecule has 1 aliphatic heterocycles. The smallest absolute Gasteiger partial charge is 0.254 e. The van der Waals surface area contributed by atoms with E-state index in [-0.39, 0.29) is 5.91 Å². The zero-order chi connectivity index (χ0) is 14.8. The van der Waals surface area contributed by atoms with E-state index in [1.54, 1.807) is 17.0 Å². The number of nitrogens with two attached hydrogens (primary N) is 1. The van der Waals surface area contributed by atoms with E-state index < -0.39 is 10.0 Å². The summed E-state index contributed by atoms with van der Waals surface area (Å²) in [6.07, 6.45) is 2.67. The highest BCUT2D eigenvalue weighted by Crippen LogP contribution is 2.12. The van der Waals surface area contributed by atoms with E-state index in [4.69, 9.17) is 5.84 Å². The second-order valence-electron chi connectivity index (χ2n) is 4.53. The van der Waals surface area contributed by atoms with Gasteiger partial charge in [0.1, 0.15) is 5.82 Å². The Balaban J connectivity index is 2.05. The number of hydrazine groups is 1. The Morgan fingerprint density at radius 1 is 1.35 bits per heavy atom. The number of amides is 1. The number of nitrogens with zero attached hydrogens (tertiary/aromatic N) is 3. The minimum Gasteiger partial charge on any atom is -0.336 e. The molecule has 20 heavy (non-hydrogen) atoms. The van der Waals surface area contributed by atoms with Gasteiger partial charge in [-0.05, 0) is 12.1 Å². The number of carbonyl (C=O) groups is 1. The zero-order valence-electron chi connectivity index (χ0n) is 11.1. The Bertz CT molecular complexity index is 596. The van der Waals surface area contributed by atoms with Crippen molar-refractivity contribution in [2.24, 2.45) is 5.84 Å². The molecule has 1 aliphatic rings. The van der Waals surface area contributed by atoms with Crippen molar-refractivity contribution in [3.8, 4) is 0 Å². The minimum atomic E-state index is -3.19. The average Bonchev–Trinajstić information content (AvgIpc) is 2.46. The Hall–Kier alpha value is -1.71. The first kappa shape index (κ1) is 14.7. The molecule has 9 heteroatoms. The highest BCUT2D eigenvalue weighted by atomic mass is 32.2. The van der Waals surface area contributed by atoms with Gasteiger partial charge in [-0.2, -0.15) is 4.31 Å². The molecule has 1 amide bonds. The largest absolute Gasteiger partial charge is 0.336 e. The molecular weight excluding hydrogens is 282 g/mol. The monoisotopic (exact) mass is 299 g/mol. The van der Waals surface area contributed by atoms with Gasteiger partial charge >= 0.3 is 0 Å². The van der Waals surface area contributed by atoms with Crippen molar-refractivity contribution < 1.29 is 13.2 Å². The normalized spacial score (nSPS) is 17.0. The molecular formula is C11H17N5O3S. The molecule has 0 radical (unpaired) electrons. The van der Waals surface area contributed by atoms with Crippen molar-refractivity contribution in [3.05, 3.63) is 23.9 Å². The molecule has 2 heterocycles.